The van der Waals surface area contributed by atoms with E-state index < -0.39 is 0 Å². The summed E-state index contributed by atoms with van der Waals surface area (Å²) in [5.41, 5.74) is 4.24. The summed E-state index contributed by atoms with van der Waals surface area (Å²) in [6.45, 7) is 13.5. The van der Waals surface area contributed by atoms with Gasteiger partial charge in [-0.3, -0.25) is 5.32 Å². The van der Waals surface area contributed by atoms with Crippen molar-refractivity contribution in [2.45, 2.75) is 53.4 Å². The third-order valence-corrected chi connectivity index (χ3v) is 6.20. The van der Waals surface area contributed by atoms with E-state index in [9.17, 15) is 0 Å². The summed E-state index contributed by atoms with van der Waals surface area (Å²) in [5.74, 6) is 1.88. The molecule has 0 aliphatic heterocycles. The van der Waals surface area contributed by atoms with Crippen molar-refractivity contribution in [3.05, 3.63) is 89.9 Å². The van der Waals surface area contributed by atoms with Crippen LogP contribution in [0.2, 0.25) is 0 Å². The number of aromatic nitrogens is 4. The smallest absolute Gasteiger partial charge is 0.188 e. The fourth-order valence-corrected chi connectivity index (χ4v) is 4.03. The second-order valence-electron chi connectivity index (χ2n) is 8.43. The molecule has 0 atom stereocenters. The van der Waals surface area contributed by atoms with Gasteiger partial charge in [0, 0.05) is 30.6 Å². The molecule has 9 heteroatoms. The fourth-order valence-electron chi connectivity index (χ4n) is 3.72. The van der Waals surface area contributed by atoms with Crippen molar-refractivity contribution in [2.75, 3.05) is 6.26 Å². The average molecular weight is 532 g/mol. The molecule has 0 radical (unpaired) electrons. The summed E-state index contributed by atoms with van der Waals surface area (Å²) < 4.78 is 9.77. The number of rotatable bonds is 10. The number of ether oxygens (including phenoxy) is 1. The maximum absolute atomic E-state index is 6.05. The number of benzene rings is 2. The molecule has 2 aromatic heterocycles. The minimum absolute atomic E-state index is 0.292. The number of aliphatic imine (C=N–C) groups is 2. The standard InChI is InChI=1S/C27H31N7OS.C2H6/c1-20(2)24-17-31-34(26(24)32-27(28-3)36-4)19-29-16-22-11-12-23(15-25(22)33-14-8-13-30-33)35-18-21-9-6-5-7-10-21;1-2/h5-15,17,20,29H,3,16,18-19H2,1-2,4H3;1-2H3/b32-27+;. The predicted octanol–water partition coefficient (Wildman–Crippen LogP) is 6.60. The summed E-state index contributed by atoms with van der Waals surface area (Å²) >= 11 is 1.46. The number of thioether (sulfide) groups is 1. The van der Waals surface area contributed by atoms with Crippen LogP contribution in [0.5, 0.6) is 5.75 Å². The number of nitrogens with one attached hydrogen (secondary N) is 1. The molecule has 4 aromatic rings. The Morgan fingerprint density at radius 2 is 1.89 bits per heavy atom. The average Bonchev–Trinajstić information content (AvgIpc) is 3.63. The SMILES string of the molecule is C=N/C(=N\c1c(C(C)C)cnn1CNCc1ccc(OCc2ccccc2)cc1-n1cccn1)SC.CC. The van der Waals surface area contributed by atoms with Gasteiger partial charge in [0.05, 0.1) is 18.6 Å². The lowest BCUT2D eigenvalue weighted by Gasteiger charge is -2.14. The molecule has 0 saturated heterocycles. The molecular weight excluding hydrogens is 494 g/mol. The monoisotopic (exact) mass is 531 g/mol. The molecule has 0 aliphatic rings. The second kappa shape index (κ2) is 14.9. The highest BCUT2D eigenvalue weighted by Gasteiger charge is 2.15. The molecular formula is C29H37N7OS. The summed E-state index contributed by atoms with van der Waals surface area (Å²) in [6.07, 6.45) is 7.51. The highest BCUT2D eigenvalue weighted by molar-refractivity contribution is 8.13. The van der Waals surface area contributed by atoms with Crippen LogP contribution < -0.4 is 10.1 Å². The first kappa shape index (κ1) is 28.9. The largest absolute Gasteiger partial charge is 0.489 e. The van der Waals surface area contributed by atoms with Crippen molar-refractivity contribution >= 4 is 29.5 Å². The Bertz CT molecular complexity index is 1300. The first-order valence-corrected chi connectivity index (χ1v) is 14.0. The highest BCUT2D eigenvalue weighted by atomic mass is 32.2. The zero-order chi connectivity index (χ0) is 27.3. The van der Waals surface area contributed by atoms with Crippen molar-refractivity contribution in [2.24, 2.45) is 9.98 Å². The Hall–Kier alpha value is -3.69. The molecule has 0 fully saturated rings. The van der Waals surface area contributed by atoms with Gasteiger partial charge in [0.15, 0.2) is 11.0 Å². The van der Waals surface area contributed by atoms with Gasteiger partial charge in [0.2, 0.25) is 0 Å². The molecule has 38 heavy (non-hydrogen) atoms. The van der Waals surface area contributed by atoms with Gasteiger partial charge in [0.25, 0.3) is 0 Å². The molecule has 2 heterocycles. The lowest BCUT2D eigenvalue weighted by atomic mass is 10.1. The van der Waals surface area contributed by atoms with Gasteiger partial charge in [-0.25, -0.2) is 19.3 Å². The van der Waals surface area contributed by atoms with Crippen LogP contribution in [0.25, 0.3) is 5.69 Å². The molecule has 8 nitrogen and oxygen atoms in total. The highest BCUT2D eigenvalue weighted by Crippen LogP contribution is 2.28. The number of hydrogen-bond donors (Lipinski definition) is 1. The Balaban J connectivity index is 0.00000195. The Morgan fingerprint density at radius 1 is 1.11 bits per heavy atom. The van der Waals surface area contributed by atoms with E-state index in [1.807, 2.05) is 78.3 Å². The Labute approximate surface area is 229 Å². The van der Waals surface area contributed by atoms with Crippen LogP contribution in [-0.4, -0.2) is 37.7 Å². The van der Waals surface area contributed by atoms with Gasteiger partial charge >= 0.3 is 0 Å². The summed E-state index contributed by atoms with van der Waals surface area (Å²) in [4.78, 5) is 8.71. The molecule has 0 bridgehead atoms. The van der Waals surface area contributed by atoms with Crippen LogP contribution >= 0.6 is 11.8 Å². The second-order valence-corrected chi connectivity index (χ2v) is 9.21. The molecule has 0 spiro atoms. The maximum Gasteiger partial charge on any atom is 0.188 e. The summed E-state index contributed by atoms with van der Waals surface area (Å²) in [5, 5.41) is 13.1. The van der Waals surface area contributed by atoms with Crippen molar-refractivity contribution in [3.8, 4) is 11.4 Å². The molecule has 0 unspecified atom stereocenters. The van der Waals surface area contributed by atoms with Gasteiger partial charge in [-0.05, 0) is 42.2 Å². The van der Waals surface area contributed by atoms with E-state index in [1.165, 1.54) is 11.8 Å². The minimum Gasteiger partial charge on any atom is -0.489 e. The van der Waals surface area contributed by atoms with Crippen molar-refractivity contribution < 1.29 is 4.74 Å². The molecule has 0 amide bonds. The Morgan fingerprint density at radius 3 is 2.55 bits per heavy atom. The van der Waals surface area contributed by atoms with Crippen LogP contribution in [0.4, 0.5) is 5.82 Å². The van der Waals surface area contributed by atoms with Gasteiger partial charge < -0.3 is 4.74 Å². The third-order valence-electron chi connectivity index (χ3n) is 5.61. The first-order chi connectivity index (χ1) is 18.6. The molecule has 4 rings (SSSR count). The number of hydrogen-bond acceptors (Lipinski definition) is 6. The Kier molecular flexibility index (Phi) is 11.3. The molecule has 200 valence electrons. The molecule has 1 N–H and O–H groups in total. The van der Waals surface area contributed by atoms with E-state index >= 15 is 0 Å². The molecule has 0 aliphatic carbocycles. The quantitative estimate of drug-likeness (QED) is 0.184. The molecule has 0 saturated carbocycles. The predicted molar refractivity (Wildman–Crippen MR) is 159 cm³/mol. The summed E-state index contributed by atoms with van der Waals surface area (Å²) in [6, 6.07) is 18.1. The van der Waals surface area contributed by atoms with Gasteiger partial charge in [-0.2, -0.15) is 10.2 Å². The van der Waals surface area contributed by atoms with E-state index in [2.05, 4.69) is 59.3 Å². The zero-order valence-corrected chi connectivity index (χ0v) is 23.7. The fraction of sp³-hybridized carbons (Fsp3) is 0.310. The van der Waals surface area contributed by atoms with Gasteiger partial charge in [-0.15, -0.1) is 0 Å². The van der Waals surface area contributed by atoms with Crippen molar-refractivity contribution in [1.82, 2.24) is 24.9 Å². The van der Waals surface area contributed by atoms with E-state index in [-0.39, 0.29) is 0 Å². The van der Waals surface area contributed by atoms with Crippen LogP contribution in [0.15, 0.2) is 83.2 Å². The normalized spacial score (nSPS) is 11.3. The third kappa shape index (κ3) is 7.66. The van der Waals surface area contributed by atoms with E-state index in [0.29, 0.717) is 30.9 Å². The van der Waals surface area contributed by atoms with E-state index in [4.69, 9.17) is 9.73 Å². The lowest BCUT2D eigenvalue weighted by molar-refractivity contribution is 0.306. The summed E-state index contributed by atoms with van der Waals surface area (Å²) in [7, 11) is 0. The molecule has 2 aromatic carbocycles. The minimum atomic E-state index is 0.292. The van der Waals surface area contributed by atoms with Gasteiger partial charge in [0.1, 0.15) is 12.4 Å². The topological polar surface area (TPSA) is 81.6 Å². The first-order valence-electron chi connectivity index (χ1n) is 12.7. The van der Waals surface area contributed by atoms with Crippen molar-refractivity contribution in [1.29, 1.82) is 0 Å². The maximum atomic E-state index is 6.05. The van der Waals surface area contributed by atoms with Gasteiger partial charge in [-0.1, -0.05) is 75.9 Å². The lowest BCUT2D eigenvalue weighted by Crippen LogP contribution is -2.20. The number of amidine groups is 1. The number of nitrogens with zero attached hydrogens (tertiary/aromatic N) is 6. The van der Waals surface area contributed by atoms with Crippen LogP contribution in [0.3, 0.4) is 0 Å². The zero-order valence-electron chi connectivity index (χ0n) is 22.8. The van der Waals surface area contributed by atoms with E-state index in [0.717, 1.165) is 33.9 Å². The van der Waals surface area contributed by atoms with Crippen LogP contribution in [0, 0.1) is 0 Å². The van der Waals surface area contributed by atoms with E-state index in [1.54, 1.807) is 6.20 Å². The van der Waals surface area contributed by atoms with Crippen molar-refractivity contribution in [3.63, 3.8) is 0 Å². The van der Waals surface area contributed by atoms with Crippen LogP contribution in [0.1, 0.15) is 50.3 Å². The van der Waals surface area contributed by atoms with Crippen LogP contribution in [-0.2, 0) is 19.8 Å².